The third-order valence-electron chi connectivity index (χ3n) is 6.23. The molecule has 4 rings (SSSR count). The van der Waals surface area contributed by atoms with Crippen LogP contribution < -0.4 is 5.32 Å². The van der Waals surface area contributed by atoms with Crippen LogP contribution in [0, 0.1) is 5.92 Å². The molecule has 0 unspecified atom stereocenters. The van der Waals surface area contributed by atoms with E-state index in [9.17, 15) is 18.0 Å². The molecule has 1 aliphatic carbocycles. The standard InChI is InChI=1S/C23H29N3O5S2/c1-16-8-9-18-19(14-16)32-22(21(18)23(28)31-2)24-20(27)15-25-10-12-26(13-11-25)33(29,30)17-6-4-3-5-7-17/h3-7,16H,8-15H2,1-2H3,(H,24,27)/t16-/m0/s1. The normalized spacial score (nSPS) is 19.6. The summed E-state index contributed by atoms with van der Waals surface area (Å²) in [5, 5.41) is 3.47. The van der Waals surface area contributed by atoms with Crippen LogP contribution in [0.5, 0.6) is 0 Å². The third kappa shape index (κ3) is 5.13. The molecule has 33 heavy (non-hydrogen) atoms. The zero-order chi connectivity index (χ0) is 23.6. The van der Waals surface area contributed by atoms with Crippen molar-refractivity contribution in [3.05, 3.63) is 46.3 Å². The second-order valence-electron chi connectivity index (χ2n) is 8.59. The Morgan fingerprint density at radius 3 is 2.52 bits per heavy atom. The van der Waals surface area contributed by atoms with E-state index in [1.165, 1.54) is 22.8 Å². The van der Waals surface area contributed by atoms with Crippen molar-refractivity contribution in [1.29, 1.82) is 0 Å². The van der Waals surface area contributed by atoms with Gasteiger partial charge >= 0.3 is 5.97 Å². The lowest BCUT2D eigenvalue weighted by molar-refractivity contribution is -0.117. The highest BCUT2D eigenvalue weighted by Crippen LogP contribution is 2.40. The second-order valence-corrected chi connectivity index (χ2v) is 11.6. The number of esters is 1. The molecule has 2 aromatic rings. The maximum absolute atomic E-state index is 12.8. The number of nitrogens with one attached hydrogen (secondary N) is 1. The SMILES string of the molecule is COC(=O)c1c(NC(=O)CN2CCN(S(=O)(=O)c3ccccc3)CC2)sc2c1CC[C@H](C)C2. The first-order valence-corrected chi connectivity index (χ1v) is 13.4. The number of nitrogens with zero attached hydrogens (tertiary/aromatic N) is 2. The first kappa shape index (κ1) is 23.9. The van der Waals surface area contributed by atoms with Crippen molar-refractivity contribution in [2.75, 3.05) is 45.2 Å². The number of benzene rings is 1. The number of methoxy groups -OCH3 is 1. The average Bonchev–Trinajstić information content (AvgIpc) is 3.16. The molecule has 1 aliphatic heterocycles. The van der Waals surface area contributed by atoms with Crippen LogP contribution in [0.15, 0.2) is 35.2 Å². The fourth-order valence-electron chi connectivity index (χ4n) is 4.40. The van der Waals surface area contributed by atoms with E-state index < -0.39 is 16.0 Å². The topological polar surface area (TPSA) is 96.0 Å². The van der Waals surface area contributed by atoms with Gasteiger partial charge in [0.2, 0.25) is 15.9 Å². The lowest BCUT2D eigenvalue weighted by Crippen LogP contribution is -2.50. The predicted molar refractivity (Wildman–Crippen MR) is 127 cm³/mol. The summed E-state index contributed by atoms with van der Waals surface area (Å²) in [7, 11) is -2.18. The number of piperazine rings is 1. The smallest absolute Gasteiger partial charge is 0.341 e. The maximum Gasteiger partial charge on any atom is 0.341 e. The molecule has 0 radical (unpaired) electrons. The predicted octanol–water partition coefficient (Wildman–Crippen LogP) is 2.60. The summed E-state index contributed by atoms with van der Waals surface area (Å²) < 4.78 is 32.0. The number of sulfonamides is 1. The Bertz CT molecular complexity index is 1120. The Morgan fingerprint density at radius 2 is 1.85 bits per heavy atom. The van der Waals surface area contributed by atoms with Crippen LogP contribution in [0.3, 0.4) is 0 Å². The van der Waals surface area contributed by atoms with Crippen molar-refractivity contribution in [3.8, 4) is 0 Å². The van der Waals surface area contributed by atoms with Crippen LogP contribution in [0.25, 0.3) is 0 Å². The van der Waals surface area contributed by atoms with Gasteiger partial charge in [0, 0.05) is 31.1 Å². The van der Waals surface area contributed by atoms with Gasteiger partial charge in [-0.15, -0.1) is 11.3 Å². The van der Waals surface area contributed by atoms with Gasteiger partial charge in [0.1, 0.15) is 5.00 Å². The number of hydrogen-bond acceptors (Lipinski definition) is 7. The van der Waals surface area contributed by atoms with Crippen molar-refractivity contribution in [2.45, 2.75) is 31.1 Å². The summed E-state index contributed by atoms with van der Waals surface area (Å²) in [4.78, 5) is 28.6. The molecule has 0 bridgehead atoms. The van der Waals surface area contributed by atoms with E-state index in [0.717, 1.165) is 29.7 Å². The van der Waals surface area contributed by atoms with Crippen molar-refractivity contribution in [1.82, 2.24) is 9.21 Å². The highest BCUT2D eigenvalue weighted by molar-refractivity contribution is 7.89. The Hall–Kier alpha value is -2.27. The molecular formula is C23H29N3O5S2. The monoisotopic (exact) mass is 491 g/mol. The fraction of sp³-hybridized carbons (Fsp3) is 0.478. The van der Waals surface area contributed by atoms with Gasteiger partial charge in [-0.25, -0.2) is 13.2 Å². The van der Waals surface area contributed by atoms with E-state index in [0.29, 0.717) is 42.7 Å². The van der Waals surface area contributed by atoms with Gasteiger partial charge in [0.25, 0.3) is 0 Å². The molecule has 1 N–H and O–H groups in total. The maximum atomic E-state index is 12.8. The summed E-state index contributed by atoms with van der Waals surface area (Å²) in [6, 6.07) is 8.38. The number of fused-ring (bicyclic) bond motifs is 1. The number of ether oxygens (including phenoxy) is 1. The van der Waals surface area contributed by atoms with Crippen LogP contribution in [-0.2, 0) is 32.4 Å². The lowest BCUT2D eigenvalue weighted by Gasteiger charge is -2.33. The van der Waals surface area contributed by atoms with Gasteiger partial charge in [-0.2, -0.15) is 4.31 Å². The Kier molecular flexibility index (Phi) is 7.18. The molecule has 0 saturated carbocycles. The summed E-state index contributed by atoms with van der Waals surface area (Å²) in [5.41, 5.74) is 1.48. The van der Waals surface area contributed by atoms with Crippen LogP contribution >= 0.6 is 11.3 Å². The number of carbonyl (C=O) groups is 2. The molecule has 10 heteroatoms. The minimum Gasteiger partial charge on any atom is -0.465 e. The number of thiophene rings is 1. The molecule has 1 amide bonds. The number of anilines is 1. The van der Waals surface area contributed by atoms with Crippen molar-refractivity contribution in [3.63, 3.8) is 0 Å². The molecule has 2 aliphatic rings. The molecule has 1 fully saturated rings. The molecule has 1 aromatic heterocycles. The summed E-state index contributed by atoms with van der Waals surface area (Å²) in [6.07, 6.45) is 2.72. The number of amides is 1. The van der Waals surface area contributed by atoms with Gasteiger partial charge in [0.05, 0.1) is 24.1 Å². The lowest BCUT2D eigenvalue weighted by atomic mass is 9.88. The first-order chi connectivity index (χ1) is 15.8. The van der Waals surface area contributed by atoms with E-state index in [1.54, 1.807) is 30.3 Å². The van der Waals surface area contributed by atoms with Crippen LogP contribution in [0.2, 0.25) is 0 Å². The average molecular weight is 492 g/mol. The van der Waals surface area contributed by atoms with Gasteiger partial charge in [-0.1, -0.05) is 25.1 Å². The van der Waals surface area contributed by atoms with Gasteiger partial charge in [0.15, 0.2) is 0 Å². The molecule has 8 nitrogen and oxygen atoms in total. The molecule has 1 atom stereocenters. The Balaban J connectivity index is 1.38. The van der Waals surface area contributed by atoms with Gasteiger partial charge in [-0.3, -0.25) is 9.69 Å². The fourth-order valence-corrected chi connectivity index (χ4v) is 7.25. The van der Waals surface area contributed by atoms with E-state index in [-0.39, 0.29) is 17.3 Å². The van der Waals surface area contributed by atoms with Crippen LogP contribution in [0.4, 0.5) is 5.00 Å². The number of rotatable bonds is 6. The minimum absolute atomic E-state index is 0.138. The molecule has 0 spiro atoms. The zero-order valence-electron chi connectivity index (χ0n) is 18.9. The largest absolute Gasteiger partial charge is 0.465 e. The number of carbonyl (C=O) groups excluding carboxylic acids is 2. The first-order valence-electron chi connectivity index (χ1n) is 11.1. The molecule has 1 saturated heterocycles. The van der Waals surface area contributed by atoms with E-state index in [1.807, 2.05) is 4.90 Å². The molecular weight excluding hydrogens is 462 g/mol. The van der Waals surface area contributed by atoms with Crippen LogP contribution in [0.1, 0.15) is 34.1 Å². The second kappa shape index (κ2) is 9.92. The summed E-state index contributed by atoms with van der Waals surface area (Å²) in [6.45, 7) is 3.89. The quantitative estimate of drug-likeness (QED) is 0.624. The molecule has 1 aromatic carbocycles. The van der Waals surface area contributed by atoms with E-state index in [4.69, 9.17) is 4.74 Å². The van der Waals surface area contributed by atoms with Crippen molar-refractivity contribution >= 4 is 38.2 Å². The molecule has 178 valence electrons. The van der Waals surface area contributed by atoms with Crippen LogP contribution in [-0.4, -0.2) is 69.3 Å². The summed E-state index contributed by atoms with van der Waals surface area (Å²) >= 11 is 1.46. The van der Waals surface area contributed by atoms with Gasteiger partial charge < -0.3 is 10.1 Å². The minimum atomic E-state index is -3.53. The van der Waals surface area contributed by atoms with Gasteiger partial charge in [-0.05, 0) is 42.9 Å². The highest BCUT2D eigenvalue weighted by atomic mass is 32.2. The number of hydrogen-bond donors (Lipinski definition) is 1. The Labute approximate surface area is 198 Å². The van der Waals surface area contributed by atoms with Crippen molar-refractivity contribution in [2.24, 2.45) is 5.92 Å². The third-order valence-corrected chi connectivity index (χ3v) is 9.32. The van der Waals surface area contributed by atoms with E-state index in [2.05, 4.69) is 12.2 Å². The molecule has 2 heterocycles. The van der Waals surface area contributed by atoms with E-state index >= 15 is 0 Å². The zero-order valence-corrected chi connectivity index (χ0v) is 20.5. The highest BCUT2D eigenvalue weighted by Gasteiger charge is 2.31. The van der Waals surface area contributed by atoms with Crippen molar-refractivity contribution < 1.29 is 22.7 Å². The summed E-state index contributed by atoms with van der Waals surface area (Å²) in [5.74, 6) is -0.0862. The Morgan fingerprint density at radius 1 is 1.15 bits per heavy atom.